The number of aromatic nitrogens is 2. The number of benzene rings is 2. The Hall–Kier alpha value is -1.93. The smallest absolute Gasteiger partial charge is 0.218 e. The highest BCUT2D eigenvalue weighted by Crippen LogP contribution is 2.27. The molecular weight excluding hydrogens is 256 g/mol. The Morgan fingerprint density at radius 2 is 1.68 bits per heavy atom. The van der Waals surface area contributed by atoms with Gasteiger partial charge in [-0.1, -0.05) is 49.4 Å². The van der Waals surface area contributed by atoms with E-state index in [1.54, 1.807) is 0 Å². The topological polar surface area (TPSA) is 25.8 Å². The molecule has 2 nitrogen and oxygen atoms in total. The van der Waals surface area contributed by atoms with E-state index in [2.05, 4.69) is 41.2 Å². The lowest BCUT2D eigenvalue weighted by Crippen LogP contribution is -1.91. The summed E-state index contributed by atoms with van der Waals surface area (Å²) in [6, 6.07) is 16.3. The number of rotatable bonds is 2. The van der Waals surface area contributed by atoms with E-state index in [-0.39, 0.29) is 5.28 Å². The van der Waals surface area contributed by atoms with E-state index in [1.165, 1.54) is 5.56 Å². The van der Waals surface area contributed by atoms with Crippen LogP contribution in [0.1, 0.15) is 12.5 Å². The molecule has 0 aliphatic carbocycles. The first-order valence-corrected chi connectivity index (χ1v) is 6.67. The SMILES string of the molecule is CCc1ccc(-c2nc(Cl)nc3ccccc23)cc1. The molecule has 0 unspecified atom stereocenters. The molecule has 0 amide bonds. The Balaban J connectivity index is 2.22. The maximum Gasteiger partial charge on any atom is 0.223 e. The van der Waals surface area contributed by atoms with Crippen molar-refractivity contribution in [3.8, 4) is 11.3 Å². The highest BCUT2D eigenvalue weighted by Gasteiger charge is 2.08. The van der Waals surface area contributed by atoms with Crippen LogP contribution in [0.5, 0.6) is 0 Å². The van der Waals surface area contributed by atoms with Gasteiger partial charge in [-0.15, -0.1) is 0 Å². The summed E-state index contributed by atoms with van der Waals surface area (Å²) in [5.41, 5.74) is 4.14. The van der Waals surface area contributed by atoms with Crippen LogP contribution < -0.4 is 0 Å². The summed E-state index contributed by atoms with van der Waals surface area (Å²) in [4.78, 5) is 8.63. The second-order valence-corrected chi connectivity index (χ2v) is 4.75. The van der Waals surface area contributed by atoms with Crippen molar-refractivity contribution in [1.29, 1.82) is 0 Å². The van der Waals surface area contributed by atoms with Crippen molar-refractivity contribution >= 4 is 22.5 Å². The molecule has 0 spiro atoms. The number of halogens is 1. The van der Waals surface area contributed by atoms with Gasteiger partial charge in [-0.25, -0.2) is 9.97 Å². The zero-order valence-electron chi connectivity index (χ0n) is 10.6. The number of hydrogen-bond donors (Lipinski definition) is 0. The molecule has 94 valence electrons. The Labute approximate surface area is 117 Å². The molecule has 0 radical (unpaired) electrons. The molecule has 19 heavy (non-hydrogen) atoms. The van der Waals surface area contributed by atoms with Crippen molar-refractivity contribution in [2.24, 2.45) is 0 Å². The van der Waals surface area contributed by atoms with E-state index >= 15 is 0 Å². The average molecular weight is 269 g/mol. The predicted molar refractivity (Wildman–Crippen MR) is 79.4 cm³/mol. The maximum atomic E-state index is 6.01. The van der Waals surface area contributed by atoms with Crippen LogP contribution in [-0.4, -0.2) is 9.97 Å². The third kappa shape index (κ3) is 2.32. The molecule has 0 aliphatic heterocycles. The lowest BCUT2D eigenvalue weighted by Gasteiger charge is -2.07. The van der Waals surface area contributed by atoms with Crippen LogP contribution >= 0.6 is 11.6 Å². The first kappa shape index (κ1) is 12.1. The summed E-state index contributed by atoms with van der Waals surface area (Å²) in [5.74, 6) is 0. The van der Waals surface area contributed by atoms with Crippen molar-refractivity contribution in [2.75, 3.05) is 0 Å². The summed E-state index contributed by atoms with van der Waals surface area (Å²) in [6.45, 7) is 2.14. The molecule has 3 aromatic rings. The van der Waals surface area contributed by atoms with Gasteiger partial charge in [-0.3, -0.25) is 0 Å². The first-order valence-electron chi connectivity index (χ1n) is 6.29. The van der Waals surface area contributed by atoms with Crippen molar-refractivity contribution in [3.05, 3.63) is 59.4 Å². The van der Waals surface area contributed by atoms with Crippen molar-refractivity contribution in [2.45, 2.75) is 13.3 Å². The van der Waals surface area contributed by atoms with Crippen molar-refractivity contribution in [3.63, 3.8) is 0 Å². The van der Waals surface area contributed by atoms with Gasteiger partial charge in [-0.05, 0) is 29.7 Å². The molecule has 0 saturated carbocycles. The van der Waals surface area contributed by atoms with Gasteiger partial charge in [-0.2, -0.15) is 0 Å². The normalized spacial score (nSPS) is 10.8. The minimum atomic E-state index is 0.285. The maximum absolute atomic E-state index is 6.01. The van der Waals surface area contributed by atoms with E-state index in [1.807, 2.05) is 24.3 Å². The molecular formula is C16H13ClN2. The van der Waals surface area contributed by atoms with Gasteiger partial charge in [0.2, 0.25) is 5.28 Å². The second-order valence-electron chi connectivity index (χ2n) is 4.41. The Morgan fingerprint density at radius 1 is 0.947 bits per heavy atom. The van der Waals surface area contributed by atoms with Gasteiger partial charge >= 0.3 is 0 Å². The van der Waals surface area contributed by atoms with E-state index < -0.39 is 0 Å². The van der Waals surface area contributed by atoms with Gasteiger partial charge in [0.05, 0.1) is 11.2 Å². The number of hydrogen-bond acceptors (Lipinski definition) is 2. The first-order chi connectivity index (χ1) is 9.28. The molecule has 1 heterocycles. The number of nitrogens with zero attached hydrogens (tertiary/aromatic N) is 2. The van der Waals surface area contributed by atoms with Crippen LogP contribution in [-0.2, 0) is 6.42 Å². The van der Waals surface area contributed by atoms with Gasteiger partial charge in [0.25, 0.3) is 0 Å². The van der Waals surface area contributed by atoms with Gasteiger partial charge in [0.1, 0.15) is 0 Å². The highest BCUT2D eigenvalue weighted by atomic mass is 35.5. The molecule has 0 aliphatic rings. The van der Waals surface area contributed by atoms with Crippen LogP contribution in [0.4, 0.5) is 0 Å². The summed E-state index contributed by atoms with van der Waals surface area (Å²) in [5, 5.41) is 1.31. The molecule has 0 fully saturated rings. The van der Waals surface area contributed by atoms with E-state index in [0.717, 1.165) is 28.6 Å². The molecule has 1 aromatic heterocycles. The largest absolute Gasteiger partial charge is 0.223 e. The minimum Gasteiger partial charge on any atom is -0.218 e. The Morgan fingerprint density at radius 3 is 2.42 bits per heavy atom. The number of para-hydroxylation sites is 1. The summed E-state index contributed by atoms with van der Waals surface area (Å²) < 4.78 is 0. The Bertz CT molecular complexity index is 720. The standard InChI is InChI=1S/C16H13ClN2/c1-2-11-7-9-12(10-8-11)15-13-5-3-4-6-14(13)18-16(17)19-15/h3-10H,2H2,1H3. The van der Waals surface area contributed by atoms with Crippen LogP contribution in [0.25, 0.3) is 22.2 Å². The fraction of sp³-hybridized carbons (Fsp3) is 0.125. The van der Waals surface area contributed by atoms with Gasteiger partial charge in [0.15, 0.2) is 0 Å². The molecule has 3 rings (SSSR count). The average Bonchev–Trinajstić information content (AvgIpc) is 2.46. The minimum absolute atomic E-state index is 0.285. The summed E-state index contributed by atoms with van der Waals surface area (Å²) in [6.07, 6.45) is 1.03. The van der Waals surface area contributed by atoms with Crippen LogP contribution in [0.2, 0.25) is 5.28 Å². The number of aryl methyl sites for hydroxylation is 1. The monoisotopic (exact) mass is 268 g/mol. The van der Waals surface area contributed by atoms with E-state index in [0.29, 0.717) is 0 Å². The summed E-state index contributed by atoms with van der Waals surface area (Å²) >= 11 is 6.01. The quantitative estimate of drug-likeness (QED) is 0.639. The summed E-state index contributed by atoms with van der Waals surface area (Å²) in [7, 11) is 0. The zero-order valence-corrected chi connectivity index (χ0v) is 11.4. The molecule has 0 bridgehead atoms. The van der Waals surface area contributed by atoms with Crippen molar-refractivity contribution in [1.82, 2.24) is 9.97 Å². The van der Waals surface area contributed by atoms with Crippen LogP contribution in [0.3, 0.4) is 0 Å². The van der Waals surface area contributed by atoms with E-state index in [9.17, 15) is 0 Å². The molecule has 0 saturated heterocycles. The van der Waals surface area contributed by atoms with Crippen LogP contribution in [0, 0.1) is 0 Å². The fourth-order valence-corrected chi connectivity index (χ4v) is 2.34. The lowest BCUT2D eigenvalue weighted by atomic mass is 10.0. The second kappa shape index (κ2) is 4.98. The van der Waals surface area contributed by atoms with Gasteiger partial charge in [0, 0.05) is 10.9 Å². The molecule has 0 N–H and O–H groups in total. The molecule has 3 heteroatoms. The third-order valence-corrected chi connectivity index (χ3v) is 3.38. The lowest BCUT2D eigenvalue weighted by molar-refractivity contribution is 1.14. The third-order valence-electron chi connectivity index (χ3n) is 3.21. The molecule has 2 aromatic carbocycles. The zero-order chi connectivity index (χ0) is 13.2. The fourth-order valence-electron chi connectivity index (χ4n) is 2.17. The molecule has 0 atom stereocenters. The predicted octanol–water partition coefficient (Wildman–Crippen LogP) is 4.51. The van der Waals surface area contributed by atoms with E-state index in [4.69, 9.17) is 11.6 Å². The Kier molecular flexibility index (Phi) is 3.18. The number of fused-ring (bicyclic) bond motifs is 1. The van der Waals surface area contributed by atoms with Gasteiger partial charge < -0.3 is 0 Å². The van der Waals surface area contributed by atoms with Crippen LogP contribution in [0.15, 0.2) is 48.5 Å². The highest BCUT2D eigenvalue weighted by molar-refractivity contribution is 6.28. The van der Waals surface area contributed by atoms with Crippen molar-refractivity contribution < 1.29 is 0 Å².